The first-order valence-electron chi connectivity index (χ1n) is 10.7. The summed E-state index contributed by atoms with van der Waals surface area (Å²) < 4.78 is 53.1. The number of aromatic nitrogens is 3. The zero-order chi connectivity index (χ0) is 24.2. The Morgan fingerprint density at radius 1 is 1.21 bits per heavy atom. The minimum absolute atomic E-state index is 0.0377. The van der Waals surface area contributed by atoms with Gasteiger partial charge in [-0.05, 0) is 30.3 Å². The van der Waals surface area contributed by atoms with E-state index in [1.165, 1.54) is 9.58 Å². The van der Waals surface area contributed by atoms with Crippen molar-refractivity contribution in [2.75, 3.05) is 18.6 Å². The predicted molar refractivity (Wildman–Crippen MR) is 118 cm³/mol. The molecular weight excluding hydrogens is 449 g/mol. The molecule has 10 heteroatoms. The van der Waals surface area contributed by atoms with Crippen molar-refractivity contribution in [1.82, 2.24) is 14.8 Å². The Kier molecular flexibility index (Phi) is 5.20. The third kappa shape index (κ3) is 3.73. The van der Waals surface area contributed by atoms with Gasteiger partial charge < -0.3 is 14.1 Å². The van der Waals surface area contributed by atoms with Crippen molar-refractivity contribution < 1.29 is 27.1 Å². The van der Waals surface area contributed by atoms with Crippen LogP contribution in [0.1, 0.15) is 46.0 Å². The average Bonchev–Trinajstić information content (AvgIpc) is 3.38. The van der Waals surface area contributed by atoms with E-state index in [1.807, 2.05) is 0 Å². The zero-order valence-corrected chi connectivity index (χ0v) is 18.7. The highest BCUT2D eigenvalue weighted by Gasteiger charge is 2.41. The van der Waals surface area contributed by atoms with Crippen LogP contribution < -0.4 is 4.90 Å². The Labute approximate surface area is 192 Å². The van der Waals surface area contributed by atoms with E-state index < -0.39 is 11.9 Å². The molecule has 34 heavy (non-hydrogen) atoms. The standard InChI is InChI=1S/C24H21F3N4O3/c1-13-11-33-12-18-21(13)31(29-22(18)24(25,26)27)17-6-4-5-15(9-17)23(32)30(3)16-7-8-19-20(10-16)34-14(2)28-19/h4-10,13H,11-12H2,1-3H3. The van der Waals surface area contributed by atoms with Gasteiger partial charge in [0.25, 0.3) is 5.91 Å². The number of ether oxygens (including phenoxy) is 1. The summed E-state index contributed by atoms with van der Waals surface area (Å²) in [5.41, 5.74) is 2.05. The van der Waals surface area contributed by atoms with Crippen LogP contribution in [-0.4, -0.2) is 34.3 Å². The second-order valence-electron chi connectivity index (χ2n) is 8.34. The number of benzene rings is 2. The van der Waals surface area contributed by atoms with E-state index in [4.69, 9.17) is 9.15 Å². The number of anilines is 1. The molecule has 0 aliphatic carbocycles. The second-order valence-corrected chi connectivity index (χ2v) is 8.34. The molecule has 1 aliphatic rings. The number of halogens is 3. The molecule has 1 aliphatic heterocycles. The van der Waals surface area contributed by atoms with Gasteiger partial charge in [0.1, 0.15) is 5.52 Å². The smallest absolute Gasteiger partial charge is 0.435 e. The van der Waals surface area contributed by atoms with E-state index in [-0.39, 0.29) is 24.0 Å². The van der Waals surface area contributed by atoms with Gasteiger partial charge >= 0.3 is 6.18 Å². The fourth-order valence-corrected chi connectivity index (χ4v) is 4.27. The number of carbonyl (C=O) groups excluding carboxylic acids is 1. The molecule has 0 fully saturated rings. The van der Waals surface area contributed by atoms with Crippen molar-refractivity contribution in [3.8, 4) is 5.69 Å². The molecule has 0 spiro atoms. The van der Waals surface area contributed by atoms with Gasteiger partial charge in [-0.15, -0.1) is 0 Å². The summed E-state index contributed by atoms with van der Waals surface area (Å²) in [5, 5.41) is 3.89. The quantitative estimate of drug-likeness (QED) is 0.409. The van der Waals surface area contributed by atoms with E-state index >= 15 is 0 Å². The topological polar surface area (TPSA) is 73.4 Å². The van der Waals surface area contributed by atoms with E-state index in [0.29, 0.717) is 46.2 Å². The lowest BCUT2D eigenvalue weighted by atomic mass is 10.00. The van der Waals surface area contributed by atoms with Crippen molar-refractivity contribution in [2.45, 2.75) is 32.5 Å². The van der Waals surface area contributed by atoms with E-state index in [0.717, 1.165) is 0 Å². The van der Waals surface area contributed by atoms with Crippen LogP contribution in [0, 0.1) is 6.92 Å². The van der Waals surface area contributed by atoms with Gasteiger partial charge in [0.2, 0.25) is 0 Å². The Morgan fingerprint density at radius 3 is 2.76 bits per heavy atom. The summed E-state index contributed by atoms with van der Waals surface area (Å²) in [6.45, 7) is 3.67. The van der Waals surface area contributed by atoms with E-state index in [9.17, 15) is 18.0 Å². The van der Waals surface area contributed by atoms with Gasteiger partial charge in [-0.1, -0.05) is 13.0 Å². The first-order valence-corrected chi connectivity index (χ1v) is 10.7. The highest BCUT2D eigenvalue weighted by molar-refractivity contribution is 6.06. The Morgan fingerprint density at radius 2 is 2.00 bits per heavy atom. The van der Waals surface area contributed by atoms with Crippen LogP contribution in [0.3, 0.4) is 0 Å². The third-order valence-corrected chi connectivity index (χ3v) is 5.88. The van der Waals surface area contributed by atoms with Crippen molar-refractivity contribution in [2.24, 2.45) is 0 Å². The number of rotatable bonds is 3. The molecule has 0 bridgehead atoms. The first kappa shape index (κ1) is 22.1. The maximum atomic E-state index is 13.6. The summed E-state index contributed by atoms with van der Waals surface area (Å²) in [4.78, 5) is 18.9. The van der Waals surface area contributed by atoms with Crippen LogP contribution in [0.5, 0.6) is 0 Å². The Hall–Kier alpha value is -3.66. The van der Waals surface area contributed by atoms with Crippen LogP contribution in [0.15, 0.2) is 46.9 Å². The lowest BCUT2D eigenvalue weighted by Crippen LogP contribution is -2.26. The second kappa shape index (κ2) is 7.98. The zero-order valence-electron chi connectivity index (χ0n) is 18.7. The maximum absolute atomic E-state index is 13.6. The number of carbonyl (C=O) groups is 1. The van der Waals surface area contributed by atoms with Crippen LogP contribution >= 0.6 is 0 Å². The number of aryl methyl sites for hydroxylation is 1. The summed E-state index contributed by atoms with van der Waals surface area (Å²) in [5.74, 6) is -0.0911. The fraction of sp³-hybridized carbons (Fsp3) is 0.292. The number of hydrogen-bond acceptors (Lipinski definition) is 5. The lowest BCUT2D eigenvalue weighted by Gasteiger charge is -2.22. The molecule has 2 aromatic heterocycles. The van der Waals surface area contributed by atoms with Crippen LogP contribution in [0.25, 0.3) is 16.8 Å². The molecule has 3 heterocycles. The molecule has 1 atom stereocenters. The fourth-order valence-electron chi connectivity index (χ4n) is 4.27. The average molecular weight is 470 g/mol. The molecule has 1 amide bonds. The van der Waals surface area contributed by atoms with Crippen molar-refractivity contribution in [3.05, 3.63) is 70.9 Å². The summed E-state index contributed by atoms with van der Waals surface area (Å²) in [6, 6.07) is 11.7. The minimum atomic E-state index is -4.61. The van der Waals surface area contributed by atoms with Crippen molar-refractivity contribution in [3.63, 3.8) is 0 Å². The lowest BCUT2D eigenvalue weighted by molar-refractivity contribution is -0.142. The summed E-state index contributed by atoms with van der Waals surface area (Å²) >= 11 is 0. The number of nitrogens with zero attached hydrogens (tertiary/aromatic N) is 4. The van der Waals surface area contributed by atoms with E-state index in [2.05, 4.69) is 10.1 Å². The molecule has 1 unspecified atom stereocenters. The van der Waals surface area contributed by atoms with Gasteiger partial charge in [0, 0.05) is 42.8 Å². The van der Waals surface area contributed by atoms with Crippen LogP contribution in [0.4, 0.5) is 18.9 Å². The summed E-state index contributed by atoms with van der Waals surface area (Å²) in [6.07, 6.45) is -4.61. The Balaban J connectivity index is 1.52. The van der Waals surface area contributed by atoms with Gasteiger partial charge in [-0.2, -0.15) is 18.3 Å². The number of hydrogen-bond donors (Lipinski definition) is 0. The Bertz CT molecular complexity index is 1410. The van der Waals surface area contributed by atoms with Gasteiger partial charge in [-0.25, -0.2) is 9.67 Å². The number of amides is 1. The first-order chi connectivity index (χ1) is 16.1. The molecule has 0 N–H and O–H groups in total. The predicted octanol–water partition coefficient (Wildman–Crippen LogP) is 5.25. The van der Waals surface area contributed by atoms with Crippen molar-refractivity contribution in [1.29, 1.82) is 0 Å². The monoisotopic (exact) mass is 470 g/mol. The van der Waals surface area contributed by atoms with Crippen LogP contribution in [0.2, 0.25) is 0 Å². The summed E-state index contributed by atoms with van der Waals surface area (Å²) in [7, 11) is 1.62. The molecule has 5 rings (SSSR count). The highest BCUT2D eigenvalue weighted by Crippen LogP contribution is 2.38. The molecule has 4 aromatic rings. The number of fused-ring (bicyclic) bond motifs is 2. The molecule has 0 saturated heterocycles. The molecule has 2 aromatic carbocycles. The number of oxazole rings is 1. The third-order valence-electron chi connectivity index (χ3n) is 5.88. The van der Waals surface area contributed by atoms with Gasteiger partial charge in [0.05, 0.1) is 24.6 Å². The molecule has 0 saturated carbocycles. The van der Waals surface area contributed by atoms with Gasteiger partial charge in [-0.3, -0.25) is 4.79 Å². The van der Waals surface area contributed by atoms with E-state index in [1.54, 1.807) is 63.4 Å². The maximum Gasteiger partial charge on any atom is 0.435 e. The minimum Gasteiger partial charge on any atom is -0.441 e. The van der Waals surface area contributed by atoms with Crippen LogP contribution in [-0.2, 0) is 17.5 Å². The molecule has 176 valence electrons. The largest absolute Gasteiger partial charge is 0.441 e. The number of alkyl halides is 3. The van der Waals surface area contributed by atoms with Crippen molar-refractivity contribution >= 4 is 22.7 Å². The SMILES string of the molecule is Cc1nc2ccc(N(C)C(=O)c3cccc(-n4nc(C(F)(F)F)c5c4C(C)COC5)c3)cc2o1. The highest BCUT2D eigenvalue weighted by atomic mass is 19.4. The van der Waals surface area contributed by atoms with Gasteiger partial charge in [0.15, 0.2) is 17.2 Å². The normalized spacial score (nSPS) is 16.0. The molecule has 7 nitrogen and oxygen atoms in total. The molecule has 0 radical (unpaired) electrons. The molecular formula is C24H21F3N4O3.